The second-order valence-electron chi connectivity index (χ2n) is 3.94. The molecular formula is C10H17NO3. The van der Waals surface area contributed by atoms with Crippen molar-refractivity contribution in [3.05, 3.63) is 0 Å². The van der Waals surface area contributed by atoms with Gasteiger partial charge < -0.3 is 10.4 Å². The Balaban J connectivity index is 2.56. The van der Waals surface area contributed by atoms with Crippen LogP contribution in [0.3, 0.4) is 0 Å². The van der Waals surface area contributed by atoms with Gasteiger partial charge in [-0.05, 0) is 25.7 Å². The third kappa shape index (κ3) is 3.01. The van der Waals surface area contributed by atoms with Crippen molar-refractivity contribution >= 4 is 11.9 Å². The van der Waals surface area contributed by atoms with Gasteiger partial charge in [0.15, 0.2) is 5.78 Å². The monoisotopic (exact) mass is 199 g/mol. The maximum absolute atomic E-state index is 11.3. The van der Waals surface area contributed by atoms with Crippen LogP contribution >= 0.6 is 0 Å². The molecule has 1 unspecified atom stereocenters. The molecule has 1 fully saturated rings. The maximum atomic E-state index is 11.3. The van der Waals surface area contributed by atoms with E-state index in [1.54, 1.807) is 0 Å². The van der Waals surface area contributed by atoms with Crippen molar-refractivity contribution in [2.75, 3.05) is 0 Å². The van der Waals surface area contributed by atoms with Gasteiger partial charge in [-0.3, -0.25) is 4.79 Å². The zero-order valence-corrected chi connectivity index (χ0v) is 8.45. The Kier molecular flexibility index (Phi) is 3.92. The van der Waals surface area contributed by atoms with Crippen LogP contribution in [0.1, 0.15) is 39.0 Å². The van der Waals surface area contributed by atoms with E-state index >= 15 is 0 Å². The van der Waals surface area contributed by atoms with Crippen molar-refractivity contribution in [3.63, 3.8) is 0 Å². The van der Waals surface area contributed by atoms with E-state index in [0.717, 1.165) is 25.7 Å². The molecule has 1 atom stereocenters. The van der Waals surface area contributed by atoms with E-state index in [4.69, 9.17) is 5.11 Å². The number of carbonyl (C=O) groups is 2. The summed E-state index contributed by atoms with van der Waals surface area (Å²) in [6.07, 6.45) is 4.24. The average molecular weight is 199 g/mol. The van der Waals surface area contributed by atoms with Crippen LogP contribution in [-0.4, -0.2) is 23.0 Å². The molecule has 80 valence electrons. The summed E-state index contributed by atoms with van der Waals surface area (Å²) in [6.45, 7) is 1.45. The first-order valence-corrected chi connectivity index (χ1v) is 5.11. The second-order valence-corrected chi connectivity index (χ2v) is 3.94. The minimum absolute atomic E-state index is 0.0701. The van der Waals surface area contributed by atoms with E-state index in [1.165, 1.54) is 13.3 Å². The topological polar surface area (TPSA) is 66.4 Å². The van der Waals surface area contributed by atoms with Gasteiger partial charge in [-0.25, -0.2) is 4.79 Å². The SMILES string of the molecule is CC(=O)C(NC(=O)O)C1CCCCC1. The first-order valence-electron chi connectivity index (χ1n) is 5.11. The predicted molar refractivity (Wildman–Crippen MR) is 52.2 cm³/mol. The molecule has 0 aromatic heterocycles. The Labute approximate surface area is 83.7 Å². The van der Waals surface area contributed by atoms with E-state index in [0.29, 0.717) is 0 Å². The van der Waals surface area contributed by atoms with E-state index in [2.05, 4.69) is 5.32 Å². The maximum Gasteiger partial charge on any atom is 0.405 e. The van der Waals surface area contributed by atoms with Gasteiger partial charge >= 0.3 is 6.09 Å². The normalized spacial score (nSPS) is 20.1. The first kappa shape index (κ1) is 11.0. The number of ketones is 1. The highest BCUT2D eigenvalue weighted by molar-refractivity contribution is 5.85. The lowest BCUT2D eigenvalue weighted by atomic mass is 9.82. The van der Waals surface area contributed by atoms with Gasteiger partial charge in [0.2, 0.25) is 0 Å². The lowest BCUT2D eigenvalue weighted by Crippen LogP contribution is -2.45. The molecule has 0 aliphatic heterocycles. The smallest absolute Gasteiger partial charge is 0.405 e. The largest absolute Gasteiger partial charge is 0.465 e. The molecule has 1 amide bonds. The molecule has 1 saturated carbocycles. The van der Waals surface area contributed by atoms with Gasteiger partial charge in [0.25, 0.3) is 0 Å². The van der Waals surface area contributed by atoms with Crippen LogP contribution in [0, 0.1) is 5.92 Å². The summed E-state index contributed by atoms with van der Waals surface area (Å²) >= 11 is 0. The Bertz CT molecular complexity index is 221. The first-order chi connectivity index (χ1) is 6.61. The number of hydrogen-bond donors (Lipinski definition) is 2. The number of carbonyl (C=O) groups excluding carboxylic acids is 1. The summed E-state index contributed by atoms with van der Waals surface area (Å²) in [4.78, 5) is 21.7. The summed E-state index contributed by atoms with van der Waals surface area (Å²) in [7, 11) is 0. The van der Waals surface area contributed by atoms with Crippen LogP contribution in [0.25, 0.3) is 0 Å². The third-order valence-corrected chi connectivity index (χ3v) is 2.84. The van der Waals surface area contributed by atoms with E-state index < -0.39 is 12.1 Å². The van der Waals surface area contributed by atoms with Gasteiger partial charge in [0.1, 0.15) is 0 Å². The molecule has 0 heterocycles. The van der Waals surface area contributed by atoms with Crippen molar-refractivity contribution in [2.24, 2.45) is 5.92 Å². The molecule has 0 spiro atoms. The summed E-state index contributed by atoms with van der Waals surface area (Å²) < 4.78 is 0. The Morgan fingerprint density at radius 2 is 1.86 bits per heavy atom. The van der Waals surface area contributed by atoms with E-state index in [-0.39, 0.29) is 11.7 Å². The van der Waals surface area contributed by atoms with Crippen molar-refractivity contribution in [3.8, 4) is 0 Å². The molecule has 0 bridgehead atoms. The fourth-order valence-corrected chi connectivity index (χ4v) is 2.15. The lowest BCUT2D eigenvalue weighted by Gasteiger charge is -2.28. The number of nitrogens with one attached hydrogen (secondary N) is 1. The minimum atomic E-state index is -1.10. The summed E-state index contributed by atoms with van der Waals surface area (Å²) in [6, 6.07) is -0.493. The zero-order valence-electron chi connectivity index (χ0n) is 8.45. The Morgan fingerprint density at radius 1 is 1.29 bits per heavy atom. The molecule has 1 rings (SSSR count). The van der Waals surface area contributed by atoms with Gasteiger partial charge in [-0.15, -0.1) is 0 Å². The molecule has 1 aliphatic carbocycles. The molecule has 4 heteroatoms. The number of carboxylic acid groups (broad SMARTS) is 1. The number of amides is 1. The number of rotatable bonds is 3. The van der Waals surface area contributed by atoms with Crippen LogP contribution < -0.4 is 5.32 Å². The fourth-order valence-electron chi connectivity index (χ4n) is 2.15. The standard InChI is InChI=1S/C10H17NO3/c1-7(12)9(11-10(13)14)8-5-3-2-4-6-8/h8-9,11H,2-6H2,1H3,(H,13,14). The van der Waals surface area contributed by atoms with Crippen molar-refractivity contribution < 1.29 is 14.7 Å². The van der Waals surface area contributed by atoms with Crippen LogP contribution in [-0.2, 0) is 4.79 Å². The summed E-state index contributed by atoms with van der Waals surface area (Å²) in [5.41, 5.74) is 0. The second kappa shape index (κ2) is 4.98. The molecule has 0 aromatic carbocycles. The highest BCUT2D eigenvalue weighted by Crippen LogP contribution is 2.26. The lowest BCUT2D eigenvalue weighted by molar-refractivity contribution is -0.120. The zero-order chi connectivity index (χ0) is 10.6. The average Bonchev–Trinajstić information content (AvgIpc) is 2.15. The van der Waals surface area contributed by atoms with Gasteiger partial charge in [0.05, 0.1) is 6.04 Å². The van der Waals surface area contributed by atoms with Crippen molar-refractivity contribution in [1.82, 2.24) is 5.32 Å². The quantitative estimate of drug-likeness (QED) is 0.728. The fraction of sp³-hybridized carbons (Fsp3) is 0.800. The van der Waals surface area contributed by atoms with Gasteiger partial charge in [0, 0.05) is 0 Å². The Hall–Kier alpha value is -1.06. The molecular weight excluding hydrogens is 182 g/mol. The van der Waals surface area contributed by atoms with Crippen molar-refractivity contribution in [2.45, 2.75) is 45.1 Å². The number of hydrogen-bond acceptors (Lipinski definition) is 2. The molecule has 14 heavy (non-hydrogen) atoms. The molecule has 0 radical (unpaired) electrons. The molecule has 4 nitrogen and oxygen atoms in total. The predicted octanol–water partition coefficient (Wildman–Crippen LogP) is 1.79. The number of Topliss-reactive ketones (excluding diaryl/α,β-unsaturated/α-hetero) is 1. The van der Waals surface area contributed by atoms with Crippen LogP contribution in [0.15, 0.2) is 0 Å². The van der Waals surface area contributed by atoms with Gasteiger partial charge in [-0.2, -0.15) is 0 Å². The summed E-state index contributed by atoms with van der Waals surface area (Å²) in [5, 5.41) is 10.9. The molecule has 1 aliphatic rings. The van der Waals surface area contributed by atoms with Crippen molar-refractivity contribution in [1.29, 1.82) is 0 Å². The van der Waals surface area contributed by atoms with Crippen LogP contribution in [0.4, 0.5) is 4.79 Å². The molecule has 0 aromatic rings. The van der Waals surface area contributed by atoms with Crippen LogP contribution in [0.5, 0.6) is 0 Å². The van der Waals surface area contributed by atoms with E-state index in [1.807, 2.05) is 0 Å². The summed E-state index contributed by atoms with van der Waals surface area (Å²) in [5.74, 6) is 0.136. The molecule has 0 saturated heterocycles. The van der Waals surface area contributed by atoms with Crippen LogP contribution in [0.2, 0.25) is 0 Å². The third-order valence-electron chi connectivity index (χ3n) is 2.84. The van der Waals surface area contributed by atoms with E-state index in [9.17, 15) is 9.59 Å². The Morgan fingerprint density at radius 3 is 2.29 bits per heavy atom. The highest BCUT2D eigenvalue weighted by Gasteiger charge is 2.28. The highest BCUT2D eigenvalue weighted by atomic mass is 16.4. The molecule has 2 N–H and O–H groups in total. The minimum Gasteiger partial charge on any atom is -0.465 e. The van der Waals surface area contributed by atoms with Gasteiger partial charge in [-0.1, -0.05) is 19.3 Å².